The molecule has 0 heterocycles. The molecule has 1 saturated carbocycles. The normalized spacial score (nSPS) is 17.3. The third-order valence-corrected chi connectivity index (χ3v) is 8.69. The van der Waals surface area contributed by atoms with Gasteiger partial charge in [-0.3, -0.25) is 9.52 Å². The predicted octanol–water partition coefficient (Wildman–Crippen LogP) is 8.66. The Hall–Kier alpha value is -2.41. The molecule has 224 valence electrons. The van der Waals surface area contributed by atoms with Gasteiger partial charge in [0.1, 0.15) is 5.75 Å². The maximum atomic E-state index is 13.0. The predicted molar refractivity (Wildman–Crippen MR) is 175 cm³/mol. The van der Waals surface area contributed by atoms with Crippen LogP contribution in [0.4, 0.5) is 5.69 Å². The third-order valence-electron chi connectivity index (χ3n) is 7.68. The largest absolute Gasteiger partial charge is 0.463 e. The van der Waals surface area contributed by atoms with Crippen LogP contribution in [0, 0.1) is 11.8 Å². The molecule has 1 amide bonds. The van der Waals surface area contributed by atoms with Gasteiger partial charge in [0.25, 0.3) is 5.91 Å². The Morgan fingerprint density at radius 3 is 2.61 bits per heavy atom. The number of ether oxygens (including phenoxy) is 2. The third kappa shape index (κ3) is 9.56. The molecule has 0 saturated heterocycles. The van der Waals surface area contributed by atoms with Crippen molar-refractivity contribution in [3.05, 3.63) is 83.1 Å². The molecule has 0 aromatic heterocycles. The molecule has 5 nitrogen and oxygen atoms in total. The van der Waals surface area contributed by atoms with Gasteiger partial charge in [0, 0.05) is 36.0 Å². The van der Waals surface area contributed by atoms with Crippen LogP contribution in [0.5, 0.6) is 5.75 Å². The summed E-state index contributed by atoms with van der Waals surface area (Å²) in [5.41, 5.74) is 4.12. The molecule has 0 radical (unpaired) electrons. The zero-order valence-electron chi connectivity index (χ0n) is 25.3. The Morgan fingerprint density at radius 1 is 1.17 bits per heavy atom. The first-order valence-corrected chi connectivity index (χ1v) is 16.2. The molecule has 41 heavy (non-hydrogen) atoms. The maximum Gasteiger partial charge on any atom is 0.261 e. The first-order chi connectivity index (χ1) is 19.8. The molecule has 2 aromatic rings. The van der Waals surface area contributed by atoms with E-state index in [9.17, 15) is 4.79 Å². The van der Waals surface area contributed by atoms with Crippen molar-refractivity contribution in [3.63, 3.8) is 0 Å². The topological polar surface area (TPSA) is 50.8 Å². The number of methoxy groups -OCH3 is 1. The number of hydrogen-bond donors (Lipinski definition) is 1. The van der Waals surface area contributed by atoms with E-state index in [2.05, 4.69) is 68.2 Å². The van der Waals surface area contributed by atoms with E-state index >= 15 is 0 Å². The number of carbonyl (C=O) groups is 1. The van der Waals surface area contributed by atoms with Crippen LogP contribution in [-0.2, 0) is 17.6 Å². The van der Waals surface area contributed by atoms with E-state index in [0.717, 1.165) is 62.3 Å². The Bertz CT molecular complexity index is 1170. The summed E-state index contributed by atoms with van der Waals surface area (Å²) in [6, 6.07) is 11.9. The molecule has 0 bridgehead atoms. The maximum absolute atomic E-state index is 13.0. The second kappa shape index (κ2) is 16.9. The van der Waals surface area contributed by atoms with Crippen LogP contribution in [-0.4, -0.2) is 37.5 Å². The standard InChI is InChI=1S/C34H47ClN2O3S/c1-7-10-12-32(39-6)30-17-14-28(30)23-37(20-19-25-13-16-29(35)21-26(25)11-8-2)31-22-27(15-18-33(31)40-9-3)34(38)36-41-24(4)5/h9-10,12-13,15-16,18,21-22,24,28,30,32H,3,7-8,11,14,17,19-20,23H2,1-2,4-6H3,(H,36,38)/b12-10+. The van der Waals surface area contributed by atoms with Crippen LogP contribution < -0.4 is 14.4 Å². The fraction of sp³-hybridized carbons (Fsp3) is 0.500. The lowest BCUT2D eigenvalue weighted by Gasteiger charge is -2.43. The fourth-order valence-electron chi connectivity index (χ4n) is 5.43. The number of nitrogens with zero attached hydrogens (tertiary/aromatic N) is 1. The van der Waals surface area contributed by atoms with E-state index in [1.165, 1.54) is 29.3 Å². The van der Waals surface area contributed by atoms with Gasteiger partial charge in [-0.15, -0.1) is 0 Å². The number of nitrogens with one attached hydrogen (secondary N) is 1. The van der Waals surface area contributed by atoms with Crippen molar-refractivity contribution in [3.8, 4) is 5.75 Å². The molecule has 0 spiro atoms. The molecule has 2 aromatic carbocycles. The summed E-state index contributed by atoms with van der Waals surface area (Å²) in [7, 11) is 1.81. The highest BCUT2D eigenvalue weighted by molar-refractivity contribution is 7.98. The van der Waals surface area contributed by atoms with Gasteiger partial charge in [-0.1, -0.05) is 70.5 Å². The summed E-state index contributed by atoms with van der Waals surface area (Å²) < 4.78 is 14.8. The first-order valence-electron chi connectivity index (χ1n) is 14.9. The summed E-state index contributed by atoms with van der Waals surface area (Å²) in [6.07, 6.45) is 12.2. The average molecular weight is 599 g/mol. The van der Waals surface area contributed by atoms with E-state index in [4.69, 9.17) is 21.1 Å². The quantitative estimate of drug-likeness (QED) is 0.112. The molecular formula is C34H47ClN2O3S. The first kappa shape index (κ1) is 33.1. The van der Waals surface area contributed by atoms with Crippen molar-refractivity contribution in [2.24, 2.45) is 11.8 Å². The Kier molecular flexibility index (Phi) is 13.6. The summed E-state index contributed by atoms with van der Waals surface area (Å²) in [5, 5.41) is 1.07. The van der Waals surface area contributed by atoms with E-state index in [0.29, 0.717) is 28.4 Å². The molecule has 7 heteroatoms. The summed E-state index contributed by atoms with van der Waals surface area (Å²) in [4.78, 5) is 15.4. The number of aryl methyl sites for hydroxylation is 1. The second-order valence-corrected chi connectivity index (χ2v) is 12.8. The monoisotopic (exact) mass is 598 g/mol. The zero-order valence-corrected chi connectivity index (χ0v) is 26.9. The van der Waals surface area contributed by atoms with Crippen LogP contribution in [0.2, 0.25) is 5.02 Å². The number of carbonyl (C=O) groups excluding carboxylic acids is 1. The second-order valence-electron chi connectivity index (χ2n) is 11.0. The van der Waals surface area contributed by atoms with Gasteiger partial charge in [-0.05, 0) is 97.3 Å². The molecule has 3 rings (SSSR count). The number of halogens is 1. The highest BCUT2D eigenvalue weighted by Crippen LogP contribution is 2.41. The van der Waals surface area contributed by atoms with E-state index < -0.39 is 0 Å². The molecular weight excluding hydrogens is 552 g/mol. The van der Waals surface area contributed by atoms with Crippen molar-refractivity contribution in [1.82, 2.24) is 4.72 Å². The van der Waals surface area contributed by atoms with Crippen LogP contribution in [0.25, 0.3) is 0 Å². The zero-order chi connectivity index (χ0) is 29.8. The van der Waals surface area contributed by atoms with Gasteiger partial charge < -0.3 is 14.4 Å². The van der Waals surface area contributed by atoms with Crippen molar-refractivity contribution in [2.45, 2.75) is 77.6 Å². The Morgan fingerprint density at radius 2 is 1.98 bits per heavy atom. The van der Waals surface area contributed by atoms with Gasteiger partial charge in [0.15, 0.2) is 0 Å². The Labute approximate surface area is 256 Å². The highest BCUT2D eigenvalue weighted by Gasteiger charge is 2.37. The van der Waals surface area contributed by atoms with Crippen molar-refractivity contribution in [2.75, 3.05) is 25.1 Å². The smallest absolute Gasteiger partial charge is 0.261 e. The van der Waals surface area contributed by atoms with Gasteiger partial charge >= 0.3 is 0 Å². The summed E-state index contributed by atoms with van der Waals surface area (Å²) in [5.74, 6) is 1.51. The lowest BCUT2D eigenvalue weighted by molar-refractivity contribution is 0.0135. The van der Waals surface area contributed by atoms with Gasteiger partial charge in [0.2, 0.25) is 0 Å². The molecule has 3 unspecified atom stereocenters. The molecule has 1 aliphatic carbocycles. The van der Waals surface area contributed by atoms with E-state index in [-0.39, 0.29) is 12.0 Å². The van der Waals surface area contributed by atoms with E-state index in [1.54, 1.807) is 7.11 Å². The lowest BCUT2D eigenvalue weighted by Crippen LogP contribution is -2.44. The molecule has 0 aliphatic heterocycles. The van der Waals surface area contributed by atoms with Gasteiger partial charge in [-0.25, -0.2) is 0 Å². The number of rotatable bonds is 17. The van der Waals surface area contributed by atoms with Crippen molar-refractivity contribution >= 4 is 35.1 Å². The van der Waals surface area contributed by atoms with Crippen LogP contribution in [0.3, 0.4) is 0 Å². The van der Waals surface area contributed by atoms with Crippen molar-refractivity contribution in [1.29, 1.82) is 0 Å². The van der Waals surface area contributed by atoms with Crippen LogP contribution >= 0.6 is 23.5 Å². The van der Waals surface area contributed by atoms with Crippen LogP contribution in [0.1, 0.15) is 74.9 Å². The lowest BCUT2D eigenvalue weighted by atomic mass is 9.70. The SMILES string of the molecule is C=COc1ccc(C(=O)NSC(C)C)cc1N(CCc1ccc(Cl)cc1CCC)CC1CCC1C(/C=C/CC)OC. The fourth-order valence-corrected chi connectivity index (χ4v) is 6.09. The molecule has 1 N–H and O–H groups in total. The van der Waals surface area contributed by atoms with Gasteiger partial charge in [-0.2, -0.15) is 0 Å². The van der Waals surface area contributed by atoms with Gasteiger partial charge in [0.05, 0.1) is 18.1 Å². The minimum Gasteiger partial charge on any atom is -0.463 e. The van der Waals surface area contributed by atoms with Crippen LogP contribution in [0.15, 0.2) is 61.4 Å². The van der Waals surface area contributed by atoms with Crippen molar-refractivity contribution < 1.29 is 14.3 Å². The minimum absolute atomic E-state index is 0.108. The number of amides is 1. The molecule has 1 aliphatic rings. The summed E-state index contributed by atoms with van der Waals surface area (Å²) >= 11 is 7.78. The summed E-state index contributed by atoms with van der Waals surface area (Å²) in [6.45, 7) is 13.9. The highest BCUT2D eigenvalue weighted by atomic mass is 35.5. The number of anilines is 1. The molecule has 3 atom stereocenters. The number of allylic oxidation sites excluding steroid dienone is 1. The molecule has 1 fully saturated rings. The minimum atomic E-state index is -0.108. The average Bonchev–Trinajstić information content (AvgIpc) is 2.94. The van der Waals surface area contributed by atoms with E-state index in [1.807, 2.05) is 24.3 Å². The number of hydrogen-bond acceptors (Lipinski definition) is 5. The Balaban J connectivity index is 1.96. The number of benzene rings is 2.